The summed E-state index contributed by atoms with van der Waals surface area (Å²) in [5.41, 5.74) is 1.02. The van der Waals surface area contributed by atoms with Crippen LogP contribution >= 0.6 is 23.2 Å². The zero-order valence-corrected chi connectivity index (χ0v) is 15.4. The third-order valence-corrected chi connectivity index (χ3v) is 4.30. The molecule has 0 fully saturated rings. The Kier molecular flexibility index (Phi) is 5.20. The van der Waals surface area contributed by atoms with Crippen molar-refractivity contribution in [2.24, 2.45) is 0 Å². The highest BCUT2D eigenvalue weighted by Crippen LogP contribution is 2.36. The number of carbonyl (C=O) groups is 2. The number of esters is 1. The molecule has 0 aliphatic carbocycles. The van der Waals surface area contributed by atoms with Crippen LogP contribution in [0.2, 0.25) is 10.0 Å². The van der Waals surface area contributed by atoms with E-state index in [1.165, 1.54) is 7.11 Å². The van der Waals surface area contributed by atoms with E-state index in [4.69, 9.17) is 32.7 Å². The second kappa shape index (κ2) is 7.40. The molecule has 0 saturated carbocycles. The normalized spacial score (nSPS) is 15.4. The van der Waals surface area contributed by atoms with Crippen LogP contribution in [0.5, 0.6) is 11.5 Å². The van der Waals surface area contributed by atoms with Crippen molar-refractivity contribution in [1.82, 2.24) is 0 Å². The van der Waals surface area contributed by atoms with Crippen molar-refractivity contribution >= 4 is 41.0 Å². The summed E-state index contributed by atoms with van der Waals surface area (Å²) < 4.78 is 15.8. The van der Waals surface area contributed by atoms with Gasteiger partial charge in [-0.15, -0.1) is 0 Å². The fraction of sp³-hybridized carbons (Fsp3) is 0.158. The van der Waals surface area contributed by atoms with Crippen molar-refractivity contribution in [2.75, 3.05) is 7.11 Å². The smallest absolute Gasteiger partial charge is 0.346 e. The van der Waals surface area contributed by atoms with Gasteiger partial charge in [0.15, 0.2) is 11.9 Å². The molecule has 0 aromatic heterocycles. The summed E-state index contributed by atoms with van der Waals surface area (Å²) in [5, 5.41) is 0.911. The molecule has 2 aromatic rings. The summed E-state index contributed by atoms with van der Waals surface area (Å²) >= 11 is 12.0. The topological polar surface area (TPSA) is 61.8 Å². The molecule has 0 N–H and O–H groups in total. The van der Waals surface area contributed by atoms with E-state index in [9.17, 15) is 9.59 Å². The maximum absolute atomic E-state index is 12.5. The van der Waals surface area contributed by atoms with E-state index >= 15 is 0 Å². The van der Waals surface area contributed by atoms with Crippen molar-refractivity contribution in [3.05, 3.63) is 63.3 Å². The summed E-state index contributed by atoms with van der Waals surface area (Å²) in [6.45, 7) is 1.57. The van der Waals surface area contributed by atoms with E-state index in [0.29, 0.717) is 32.7 Å². The predicted molar refractivity (Wildman–Crippen MR) is 97.9 cm³/mol. The van der Waals surface area contributed by atoms with E-state index in [2.05, 4.69) is 4.74 Å². The summed E-state index contributed by atoms with van der Waals surface area (Å²) in [7, 11) is 1.28. The molecule has 26 heavy (non-hydrogen) atoms. The van der Waals surface area contributed by atoms with Crippen LogP contribution in [0.25, 0.3) is 6.08 Å². The van der Waals surface area contributed by atoms with Gasteiger partial charge in [-0.2, -0.15) is 0 Å². The molecule has 1 unspecified atom stereocenters. The Labute approximate surface area is 160 Å². The summed E-state index contributed by atoms with van der Waals surface area (Å²) in [6.07, 6.45) is 0.775. The Morgan fingerprint density at radius 2 is 1.96 bits per heavy atom. The molecule has 0 saturated heterocycles. The number of benzene rings is 2. The monoisotopic (exact) mass is 392 g/mol. The van der Waals surface area contributed by atoms with Crippen molar-refractivity contribution in [1.29, 1.82) is 0 Å². The van der Waals surface area contributed by atoms with Gasteiger partial charge < -0.3 is 14.2 Å². The minimum absolute atomic E-state index is 0.141. The van der Waals surface area contributed by atoms with Crippen LogP contribution in [0.4, 0.5) is 0 Å². The number of allylic oxidation sites excluding steroid dienone is 1. The molecule has 0 spiro atoms. The quantitative estimate of drug-likeness (QED) is 0.564. The number of rotatable bonds is 4. The highest BCUT2D eigenvalue weighted by Gasteiger charge is 2.28. The number of halogens is 2. The van der Waals surface area contributed by atoms with Gasteiger partial charge in [-0.3, -0.25) is 4.79 Å². The van der Waals surface area contributed by atoms with Crippen LogP contribution in [-0.4, -0.2) is 25.0 Å². The number of ketones is 1. The largest absolute Gasteiger partial charge is 0.479 e. The van der Waals surface area contributed by atoms with Gasteiger partial charge in [-0.05, 0) is 42.8 Å². The Morgan fingerprint density at radius 3 is 2.65 bits per heavy atom. The molecule has 2 aromatic carbocycles. The number of methoxy groups -OCH3 is 1. The molecule has 134 valence electrons. The van der Waals surface area contributed by atoms with E-state index in [-0.39, 0.29) is 11.5 Å². The fourth-order valence-corrected chi connectivity index (χ4v) is 2.88. The number of fused-ring (bicyclic) bond motifs is 1. The maximum Gasteiger partial charge on any atom is 0.346 e. The minimum Gasteiger partial charge on any atom is -0.479 e. The first-order chi connectivity index (χ1) is 12.4. The average Bonchev–Trinajstić information content (AvgIpc) is 2.92. The van der Waals surface area contributed by atoms with Crippen LogP contribution in [0.3, 0.4) is 0 Å². The Hall–Kier alpha value is -2.50. The molecule has 3 rings (SSSR count). The molecule has 0 amide bonds. The lowest BCUT2D eigenvalue weighted by Crippen LogP contribution is -2.24. The SMILES string of the molecule is COC(=O)C(C)Oc1ccc2c(c1)OC(=Cc1ccc(Cl)cc1Cl)C2=O. The number of hydrogen-bond donors (Lipinski definition) is 0. The molecule has 7 heteroatoms. The third-order valence-electron chi connectivity index (χ3n) is 3.74. The van der Waals surface area contributed by atoms with Gasteiger partial charge in [0.1, 0.15) is 11.5 Å². The first-order valence-electron chi connectivity index (χ1n) is 7.67. The highest BCUT2D eigenvalue weighted by molar-refractivity contribution is 6.35. The summed E-state index contributed by atoms with van der Waals surface area (Å²) in [6, 6.07) is 9.69. The number of carbonyl (C=O) groups excluding carboxylic acids is 2. The Morgan fingerprint density at radius 1 is 1.19 bits per heavy atom. The van der Waals surface area contributed by atoms with Crippen molar-refractivity contribution in [3.8, 4) is 11.5 Å². The number of Topliss-reactive ketones (excluding diaryl/α,β-unsaturated/α-hetero) is 1. The van der Waals surface area contributed by atoms with Gasteiger partial charge >= 0.3 is 5.97 Å². The molecule has 1 aliphatic heterocycles. The highest BCUT2D eigenvalue weighted by atomic mass is 35.5. The minimum atomic E-state index is -0.780. The van der Waals surface area contributed by atoms with Crippen LogP contribution in [0, 0.1) is 0 Å². The lowest BCUT2D eigenvalue weighted by atomic mass is 10.1. The molecule has 1 aliphatic rings. The maximum atomic E-state index is 12.5. The van der Waals surface area contributed by atoms with Crippen LogP contribution < -0.4 is 9.47 Å². The second-order valence-electron chi connectivity index (χ2n) is 5.55. The van der Waals surface area contributed by atoms with Gasteiger partial charge in [0.25, 0.3) is 0 Å². The van der Waals surface area contributed by atoms with Gasteiger partial charge in [-0.1, -0.05) is 29.3 Å². The molecule has 5 nitrogen and oxygen atoms in total. The van der Waals surface area contributed by atoms with Gasteiger partial charge in [0.05, 0.1) is 12.7 Å². The predicted octanol–water partition coefficient (Wildman–Crippen LogP) is 4.55. The molecular weight excluding hydrogens is 379 g/mol. The van der Waals surface area contributed by atoms with E-state index in [1.54, 1.807) is 49.4 Å². The molecular formula is C19H14Cl2O5. The van der Waals surface area contributed by atoms with Crippen molar-refractivity contribution in [2.45, 2.75) is 13.0 Å². The second-order valence-corrected chi connectivity index (χ2v) is 6.39. The van der Waals surface area contributed by atoms with E-state index < -0.39 is 12.1 Å². The molecule has 1 heterocycles. The standard InChI is InChI=1S/C19H14Cl2O5/c1-10(19(23)24-2)25-13-5-6-14-16(9-13)26-17(18(14)22)7-11-3-4-12(20)8-15(11)21/h3-10H,1-2H3. The Balaban J connectivity index is 1.85. The number of ether oxygens (including phenoxy) is 3. The molecule has 1 atom stereocenters. The Bertz CT molecular complexity index is 920. The van der Waals surface area contributed by atoms with Gasteiger partial charge in [0.2, 0.25) is 5.78 Å². The lowest BCUT2D eigenvalue weighted by molar-refractivity contribution is -0.147. The zero-order valence-electron chi connectivity index (χ0n) is 13.9. The molecule has 0 radical (unpaired) electrons. The fourth-order valence-electron chi connectivity index (χ4n) is 2.42. The van der Waals surface area contributed by atoms with Crippen LogP contribution in [0.15, 0.2) is 42.2 Å². The van der Waals surface area contributed by atoms with E-state index in [1.807, 2.05) is 0 Å². The van der Waals surface area contributed by atoms with Crippen LogP contribution in [-0.2, 0) is 9.53 Å². The number of hydrogen-bond acceptors (Lipinski definition) is 5. The summed E-state index contributed by atoms with van der Waals surface area (Å²) in [5.74, 6) is 0.113. The molecule has 0 bridgehead atoms. The first kappa shape index (κ1) is 18.3. The first-order valence-corrected chi connectivity index (χ1v) is 8.42. The summed E-state index contributed by atoms with van der Waals surface area (Å²) in [4.78, 5) is 23.9. The van der Waals surface area contributed by atoms with Crippen molar-refractivity contribution < 1.29 is 23.8 Å². The van der Waals surface area contributed by atoms with Crippen molar-refractivity contribution in [3.63, 3.8) is 0 Å². The van der Waals surface area contributed by atoms with Crippen LogP contribution in [0.1, 0.15) is 22.8 Å². The van der Waals surface area contributed by atoms with Gasteiger partial charge in [0, 0.05) is 16.1 Å². The van der Waals surface area contributed by atoms with Gasteiger partial charge in [-0.25, -0.2) is 4.79 Å². The lowest BCUT2D eigenvalue weighted by Gasteiger charge is -2.12. The average molecular weight is 393 g/mol. The zero-order chi connectivity index (χ0) is 18.8. The van der Waals surface area contributed by atoms with E-state index in [0.717, 1.165) is 0 Å². The third kappa shape index (κ3) is 3.69.